The molecular weight excluding hydrogens is 1060 g/mol. The van der Waals surface area contributed by atoms with Gasteiger partial charge in [-0.1, -0.05) is 24.3 Å². The number of hydrogen-bond donors (Lipinski definition) is 5. The van der Waals surface area contributed by atoms with Crippen molar-refractivity contribution in [3.05, 3.63) is 139 Å². The van der Waals surface area contributed by atoms with Crippen molar-refractivity contribution >= 4 is 132 Å². The number of allylic oxidation sites excluding steroid dienone is 3. The number of fused-ring (bicyclic) bond motifs is 3. The van der Waals surface area contributed by atoms with E-state index < -0.39 is 143 Å². The highest BCUT2D eigenvalue weighted by Crippen LogP contribution is 2.35. The second kappa shape index (κ2) is 18.2. The van der Waals surface area contributed by atoms with E-state index in [1.165, 1.54) is 30.3 Å². The molecule has 0 heterocycles. The molecule has 26 nitrogen and oxygen atoms in total. The molecule has 0 spiro atoms. The Morgan fingerprint density at radius 1 is 0.384 bits per heavy atom. The van der Waals surface area contributed by atoms with Crippen molar-refractivity contribution in [2.24, 2.45) is 15.3 Å². The Bertz CT molecular complexity index is 4130. The van der Waals surface area contributed by atoms with E-state index in [2.05, 4.69) is 31.6 Å². The number of benzene rings is 5. The maximum absolute atomic E-state index is 13.6. The van der Waals surface area contributed by atoms with Crippen LogP contribution in [0, 0.1) is 0 Å². The molecule has 5 aromatic rings. The fourth-order valence-electron chi connectivity index (χ4n) is 7.37. The minimum absolute atomic E-state index is 0.141. The average molecular weight is 1090 g/mol. The normalized spacial score (nSPS) is 16.8. The number of anilines is 5. The van der Waals surface area contributed by atoms with Gasteiger partial charge in [0.2, 0.25) is 17.3 Å². The van der Waals surface area contributed by atoms with Gasteiger partial charge >= 0.3 is 0 Å². The minimum Gasteiger partial charge on any atom is -0.744 e. The highest BCUT2D eigenvalue weighted by Gasteiger charge is 2.34. The van der Waals surface area contributed by atoms with Crippen molar-refractivity contribution in [2.45, 2.75) is 9.79 Å². The number of nitrogen functional groups attached to an aromatic ring is 2. The Balaban J connectivity index is 0.989. The average Bonchev–Trinajstić information content (AvgIpc) is 3.28. The van der Waals surface area contributed by atoms with Gasteiger partial charge in [-0.05, 0) is 113 Å². The Labute approximate surface area is 412 Å². The van der Waals surface area contributed by atoms with Gasteiger partial charge in [0, 0.05) is 16.9 Å². The Kier molecular flexibility index (Phi) is 12.8. The molecule has 0 amide bonds. The molecule has 7 N–H and O–H groups in total. The molecule has 3 aliphatic rings. The van der Waals surface area contributed by atoms with Crippen molar-refractivity contribution < 1.29 is 79.2 Å². The van der Waals surface area contributed by atoms with E-state index >= 15 is 0 Å². The van der Waals surface area contributed by atoms with Crippen molar-refractivity contribution in [1.82, 2.24) is 0 Å². The predicted octanol–water partition coefficient (Wildman–Crippen LogP) is 1.98. The molecule has 0 atom stereocenters. The van der Waals surface area contributed by atoms with Crippen molar-refractivity contribution in [3.8, 4) is 11.1 Å². The SMILES string of the molecule is Nc1cc(S(=O)(=O)[O-])cc2c1C(=O)C(=NNc1ccc(-c3ccc(NN=C4C(=O)c5ccc(NN=C6C(=O)c7c(N)cc(S(=O)(=O)[O-])cc7C=C6S(=O)(=O)[O-])cc5C=C4S(=O)(=O)[O-])cc3)cc1)C(S(=O)(=O)[O-])=C2. The molecule has 8 rings (SSSR count). The molecule has 31 heteroatoms. The summed E-state index contributed by atoms with van der Waals surface area (Å²) in [5, 5.41) is 11.5. The quantitative estimate of drug-likeness (QED) is 0.0677. The number of hydrazone groups is 3. The zero-order valence-corrected chi connectivity index (χ0v) is 39.9. The largest absolute Gasteiger partial charge is 0.744 e. The fraction of sp³-hybridized carbons (Fsp3) is 0. The van der Waals surface area contributed by atoms with Crippen LogP contribution < -0.4 is 27.7 Å². The highest BCUT2D eigenvalue weighted by molar-refractivity contribution is 7.92. The van der Waals surface area contributed by atoms with E-state index in [1.54, 1.807) is 24.3 Å². The molecular formula is C42H25N8O18S5-5. The number of nitrogens with one attached hydrogen (secondary N) is 3. The van der Waals surface area contributed by atoms with E-state index in [1.807, 2.05) is 0 Å². The fourth-order valence-corrected chi connectivity index (χ4v) is 10.4. The molecule has 0 saturated heterocycles. The summed E-state index contributed by atoms with van der Waals surface area (Å²) < 4.78 is 180. The van der Waals surface area contributed by atoms with Crippen LogP contribution in [0.2, 0.25) is 0 Å². The van der Waals surface area contributed by atoms with Gasteiger partial charge in [0.1, 0.15) is 67.7 Å². The molecule has 376 valence electrons. The lowest BCUT2D eigenvalue weighted by Crippen LogP contribution is -2.28. The molecule has 0 aliphatic heterocycles. The molecule has 0 radical (unpaired) electrons. The van der Waals surface area contributed by atoms with E-state index in [-0.39, 0.29) is 28.2 Å². The van der Waals surface area contributed by atoms with Crippen LogP contribution in [0.25, 0.3) is 29.4 Å². The summed E-state index contributed by atoms with van der Waals surface area (Å²) >= 11 is 0. The first-order chi connectivity index (χ1) is 33.9. The van der Waals surface area contributed by atoms with Crippen molar-refractivity contribution in [2.75, 3.05) is 27.7 Å². The van der Waals surface area contributed by atoms with Gasteiger partial charge in [0.25, 0.3) is 0 Å². The lowest BCUT2D eigenvalue weighted by atomic mass is 9.93. The zero-order valence-electron chi connectivity index (χ0n) is 35.8. The summed E-state index contributed by atoms with van der Waals surface area (Å²) in [4.78, 5) is 35.2. The third kappa shape index (κ3) is 10.3. The number of nitrogens with zero attached hydrogens (tertiary/aromatic N) is 3. The van der Waals surface area contributed by atoms with Crippen LogP contribution in [0.3, 0.4) is 0 Å². The van der Waals surface area contributed by atoms with E-state index in [4.69, 9.17) is 11.5 Å². The summed E-state index contributed by atoms with van der Waals surface area (Å²) in [6, 6.07) is 18.2. The highest BCUT2D eigenvalue weighted by atomic mass is 32.2. The molecule has 0 saturated carbocycles. The zero-order chi connectivity index (χ0) is 53.3. The first-order valence-electron chi connectivity index (χ1n) is 19.7. The number of ketones is 3. The van der Waals surface area contributed by atoms with E-state index in [0.29, 0.717) is 47.5 Å². The topological polar surface area (TPSA) is 462 Å². The summed E-state index contributed by atoms with van der Waals surface area (Å²) in [5.74, 6) is -3.46. The summed E-state index contributed by atoms with van der Waals surface area (Å²) in [6.45, 7) is 0. The second-order valence-corrected chi connectivity index (χ2v) is 22.2. The van der Waals surface area contributed by atoms with Gasteiger partial charge in [-0.25, -0.2) is 42.1 Å². The predicted molar refractivity (Wildman–Crippen MR) is 255 cm³/mol. The van der Waals surface area contributed by atoms with E-state index in [0.717, 1.165) is 18.2 Å². The molecule has 73 heavy (non-hydrogen) atoms. The number of hydrogen-bond acceptors (Lipinski definition) is 26. The van der Waals surface area contributed by atoms with Crippen LogP contribution in [0.4, 0.5) is 28.4 Å². The number of rotatable bonds is 12. The smallest absolute Gasteiger partial charge is 0.217 e. The van der Waals surface area contributed by atoms with Gasteiger partial charge in [-0.3, -0.25) is 30.7 Å². The van der Waals surface area contributed by atoms with Crippen LogP contribution in [0.1, 0.15) is 47.8 Å². The van der Waals surface area contributed by atoms with Crippen LogP contribution in [-0.4, -0.2) is 99.3 Å². The first kappa shape index (κ1) is 51.3. The summed E-state index contributed by atoms with van der Waals surface area (Å²) in [6.07, 6.45) is 2.08. The third-order valence-corrected chi connectivity index (χ3v) is 14.9. The Morgan fingerprint density at radius 3 is 1.07 bits per heavy atom. The first-order valence-corrected chi connectivity index (χ1v) is 26.8. The summed E-state index contributed by atoms with van der Waals surface area (Å²) in [7, 11) is -26.5. The third-order valence-electron chi connectivity index (χ3n) is 10.7. The van der Waals surface area contributed by atoms with Gasteiger partial charge in [0.05, 0.1) is 52.7 Å². The van der Waals surface area contributed by atoms with Crippen LogP contribution >= 0.6 is 0 Å². The number of carbonyl (C=O) groups excluding carboxylic acids is 3. The minimum atomic E-state index is -5.51. The van der Waals surface area contributed by atoms with Crippen molar-refractivity contribution in [1.29, 1.82) is 0 Å². The molecule has 0 fully saturated rings. The van der Waals surface area contributed by atoms with Gasteiger partial charge in [-0.2, -0.15) is 15.3 Å². The molecule has 3 aliphatic carbocycles. The van der Waals surface area contributed by atoms with Crippen LogP contribution in [0.15, 0.2) is 131 Å². The van der Waals surface area contributed by atoms with Gasteiger partial charge < -0.3 is 34.2 Å². The molecule has 0 bridgehead atoms. The lowest BCUT2D eigenvalue weighted by molar-refractivity contribution is 0.105. The summed E-state index contributed by atoms with van der Waals surface area (Å²) in [5.41, 5.74) is 14.4. The monoisotopic (exact) mass is 1090 g/mol. The van der Waals surface area contributed by atoms with Crippen molar-refractivity contribution in [3.63, 3.8) is 0 Å². The maximum Gasteiger partial charge on any atom is 0.217 e. The number of carbonyl (C=O) groups is 3. The lowest BCUT2D eigenvalue weighted by Gasteiger charge is -2.22. The standard InChI is InChI=1S/C42H30N8O18S5/c43-30-17-27(69(54,55)56)12-22-15-33(72(63,64)65)38(41(52)35(22)30)49-46-25-7-3-20(4-8-25)19-1-5-24(6-2-19)45-48-37-32(71(60,61)62)14-21-11-26(9-10-29(21)40(37)51)47-50-39-34(73(66,67)68)16-23-13-28(70(57,58)59)18-31(44)36(23)42(39)53/h1-18,45-47H,43-44H2,(H,54,55,56)(H,57,58,59)(H,60,61,62)(H,63,64,65)(H,66,67,68)/p-5. The molecule has 0 aromatic heterocycles. The van der Waals surface area contributed by atoms with Gasteiger partial charge in [0.15, 0.2) is 0 Å². The Hall–Kier alpha value is -8.11. The number of nitrogens with two attached hydrogens (primary N) is 2. The number of Topliss-reactive ketones (excluding diaryl/α,β-unsaturated/α-hetero) is 3. The molecule has 5 aromatic carbocycles. The molecule has 0 unspecified atom stereocenters. The van der Waals surface area contributed by atoms with E-state index in [9.17, 15) is 79.2 Å². The Morgan fingerprint density at radius 2 is 0.712 bits per heavy atom. The van der Waals surface area contributed by atoms with Crippen LogP contribution in [0.5, 0.6) is 0 Å². The van der Waals surface area contributed by atoms with Crippen LogP contribution in [-0.2, 0) is 50.6 Å². The maximum atomic E-state index is 13.6. The van der Waals surface area contributed by atoms with Gasteiger partial charge in [-0.15, -0.1) is 0 Å². The second-order valence-electron chi connectivity index (χ2n) is 15.4.